The smallest absolute Gasteiger partial charge is 0.254 e. The van der Waals surface area contributed by atoms with Crippen LogP contribution in [0.3, 0.4) is 0 Å². The number of aryl methyl sites for hydroxylation is 1. The Labute approximate surface area is 219 Å². The molecule has 2 amide bonds. The van der Waals surface area contributed by atoms with Gasteiger partial charge in [0, 0.05) is 31.0 Å². The number of nitrogens with zero attached hydrogens (tertiary/aromatic N) is 3. The lowest BCUT2D eigenvalue weighted by Crippen LogP contribution is -2.40. The molecule has 1 heterocycles. The second-order valence-corrected chi connectivity index (χ2v) is 8.83. The minimum atomic E-state index is -0.553. The molecule has 37 heavy (non-hydrogen) atoms. The largest absolute Gasteiger partial charge is 0.383 e. The number of halogens is 2. The first-order chi connectivity index (χ1) is 17.9. The molecule has 0 spiro atoms. The highest BCUT2D eigenvalue weighted by Gasteiger charge is 2.21. The van der Waals surface area contributed by atoms with Gasteiger partial charge in [0.25, 0.3) is 5.91 Å². The van der Waals surface area contributed by atoms with Crippen molar-refractivity contribution < 1.29 is 18.7 Å². The van der Waals surface area contributed by atoms with Gasteiger partial charge in [-0.25, -0.2) is 9.37 Å². The zero-order chi connectivity index (χ0) is 26.4. The zero-order valence-electron chi connectivity index (χ0n) is 20.4. The standard InChI is InChI=1S/C28H26ClFN4O3/c1-19-8-10-21(11-9-19)27(36)33(14-15-37-2)18-26(35)32-28-31-25(20-6-4-3-5-7-20)17-34(28)22-12-13-24(30)23(29)16-22/h3-13,16-17H,14-15,18H2,1-2H3,(H,31,32,35). The molecule has 9 heteroatoms. The quantitative estimate of drug-likeness (QED) is 0.322. The van der Waals surface area contributed by atoms with Crippen molar-refractivity contribution in [1.82, 2.24) is 14.5 Å². The summed E-state index contributed by atoms with van der Waals surface area (Å²) in [6.07, 6.45) is 1.73. The summed E-state index contributed by atoms with van der Waals surface area (Å²) in [6, 6.07) is 20.8. The lowest BCUT2D eigenvalue weighted by Gasteiger charge is -2.22. The summed E-state index contributed by atoms with van der Waals surface area (Å²) >= 11 is 6.01. The Balaban J connectivity index is 1.61. The van der Waals surface area contributed by atoms with E-state index >= 15 is 0 Å². The number of rotatable bonds is 9. The third-order valence-corrected chi connectivity index (χ3v) is 5.98. The molecule has 0 radical (unpaired) electrons. The Hall–Kier alpha value is -4.01. The van der Waals surface area contributed by atoms with Crippen LogP contribution in [0.5, 0.6) is 0 Å². The minimum absolute atomic E-state index is 0.0563. The van der Waals surface area contributed by atoms with E-state index in [1.165, 1.54) is 24.1 Å². The first kappa shape index (κ1) is 26.1. The van der Waals surface area contributed by atoms with Crippen LogP contribution >= 0.6 is 11.6 Å². The van der Waals surface area contributed by atoms with Crippen LogP contribution < -0.4 is 5.32 Å². The number of carbonyl (C=O) groups excluding carboxylic acids is 2. The van der Waals surface area contributed by atoms with Gasteiger partial charge in [-0.05, 0) is 37.3 Å². The van der Waals surface area contributed by atoms with Crippen molar-refractivity contribution in [2.75, 3.05) is 32.1 Å². The first-order valence-electron chi connectivity index (χ1n) is 11.6. The Morgan fingerprint density at radius 2 is 1.81 bits per heavy atom. The Bertz CT molecular complexity index is 1390. The van der Waals surface area contributed by atoms with Gasteiger partial charge in [0.05, 0.1) is 23.0 Å². The molecule has 0 saturated carbocycles. The summed E-state index contributed by atoms with van der Waals surface area (Å²) in [7, 11) is 1.53. The molecular weight excluding hydrogens is 495 g/mol. The molecular formula is C28H26ClFN4O3. The summed E-state index contributed by atoms with van der Waals surface area (Å²) in [5.41, 5.74) is 3.45. The molecule has 0 unspecified atom stereocenters. The highest BCUT2D eigenvalue weighted by molar-refractivity contribution is 6.30. The van der Waals surface area contributed by atoms with Crippen molar-refractivity contribution in [1.29, 1.82) is 0 Å². The molecule has 0 bridgehead atoms. The third-order valence-electron chi connectivity index (χ3n) is 5.69. The number of amides is 2. The van der Waals surface area contributed by atoms with E-state index in [0.29, 0.717) is 16.9 Å². The van der Waals surface area contributed by atoms with Crippen LogP contribution in [0.15, 0.2) is 79.0 Å². The third kappa shape index (κ3) is 6.41. The topological polar surface area (TPSA) is 76.5 Å². The highest BCUT2D eigenvalue weighted by atomic mass is 35.5. The minimum Gasteiger partial charge on any atom is -0.383 e. The fourth-order valence-electron chi connectivity index (χ4n) is 3.72. The van der Waals surface area contributed by atoms with Gasteiger partial charge in [-0.3, -0.25) is 19.5 Å². The van der Waals surface area contributed by atoms with Gasteiger partial charge in [0.15, 0.2) is 0 Å². The first-order valence-corrected chi connectivity index (χ1v) is 12.0. The van der Waals surface area contributed by atoms with Crippen molar-refractivity contribution >= 4 is 29.4 Å². The predicted molar refractivity (Wildman–Crippen MR) is 142 cm³/mol. The van der Waals surface area contributed by atoms with Gasteiger partial charge in [0.2, 0.25) is 11.9 Å². The number of ether oxygens (including phenoxy) is 1. The monoisotopic (exact) mass is 520 g/mol. The maximum Gasteiger partial charge on any atom is 0.254 e. The average Bonchev–Trinajstić information content (AvgIpc) is 3.32. The second-order valence-electron chi connectivity index (χ2n) is 8.42. The van der Waals surface area contributed by atoms with Gasteiger partial charge in [-0.1, -0.05) is 59.6 Å². The Kier molecular flexibility index (Phi) is 8.32. The van der Waals surface area contributed by atoms with Crippen LogP contribution in [0, 0.1) is 12.7 Å². The molecule has 1 N–H and O–H groups in total. The SMILES string of the molecule is COCCN(CC(=O)Nc1nc(-c2ccccc2)cn1-c1ccc(F)c(Cl)c1)C(=O)c1ccc(C)cc1. The van der Waals surface area contributed by atoms with E-state index in [1.807, 2.05) is 49.4 Å². The van der Waals surface area contributed by atoms with Gasteiger partial charge in [0.1, 0.15) is 12.4 Å². The molecule has 0 saturated heterocycles. The predicted octanol–water partition coefficient (Wildman–Crippen LogP) is 5.37. The molecule has 7 nitrogen and oxygen atoms in total. The van der Waals surface area contributed by atoms with Gasteiger partial charge in [-0.2, -0.15) is 0 Å². The average molecular weight is 521 g/mol. The normalized spacial score (nSPS) is 10.8. The second kappa shape index (κ2) is 11.8. The summed E-state index contributed by atoms with van der Waals surface area (Å²) < 4.78 is 20.6. The number of carbonyl (C=O) groups is 2. The fraction of sp³-hybridized carbons (Fsp3) is 0.179. The van der Waals surface area contributed by atoms with Crippen LogP contribution in [-0.2, 0) is 9.53 Å². The fourth-order valence-corrected chi connectivity index (χ4v) is 3.89. The molecule has 1 aromatic heterocycles. The number of hydrogen-bond acceptors (Lipinski definition) is 4. The number of benzene rings is 3. The van der Waals surface area contributed by atoms with Crippen molar-refractivity contribution in [2.45, 2.75) is 6.92 Å². The molecule has 0 aliphatic carbocycles. The Morgan fingerprint density at radius 3 is 2.49 bits per heavy atom. The van der Waals surface area contributed by atoms with Crippen molar-refractivity contribution in [3.63, 3.8) is 0 Å². The summed E-state index contributed by atoms with van der Waals surface area (Å²) in [5.74, 6) is -1.08. The number of nitrogens with one attached hydrogen (secondary N) is 1. The van der Waals surface area contributed by atoms with E-state index in [2.05, 4.69) is 10.3 Å². The summed E-state index contributed by atoms with van der Waals surface area (Å²) in [4.78, 5) is 32.3. The van der Waals surface area contributed by atoms with Gasteiger partial charge >= 0.3 is 0 Å². The maximum absolute atomic E-state index is 13.8. The van der Waals surface area contributed by atoms with Crippen molar-refractivity contribution in [3.8, 4) is 16.9 Å². The number of imidazole rings is 1. The lowest BCUT2D eigenvalue weighted by atomic mass is 10.1. The van der Waals surface area contributed by atoms with Crippen molar-refractivity contribution in [2.24, 2.45) is 0 Å². The molecule has 0 aliphatic heterocycles. The molecule has 4 rings (SSSR count). The van der Waals surface area contributed by atoms with E-state index in [4.69, 9.17) is 16.3 Å². The van der Waals surface area contributed by atoms with Crippen LogP contribution in [0.4, 0.5) is 10.3 Å². The summed E-state index contributed by atoms with van der Waals surface area (Å²) in [5, 5.41) is 2.74. The zero-order valence-corrected chi connectivity index (χ0v) is 21.2. The van der Waals surface area contributed by atoms with E-state index in [0.717, 1.165) is 11.1 Å². The van der Waals surface area contributed by atoms with E-state index in [1.54, 1.807) is 29.0 Å². The Morgan fingerprint density at radius 1 is 1.08 bits per heavy atom. The molecule has 190 valence electrons. The molecule has 0 aliphatic rings. The van der Waals surface area contributed by atoms with Crippen LogP contribution in [0.2, 0.25) is 5.02 Å². The summed E-state index contributed by atoms with van der Waals surface area (Å²) in [6.45, 7) is 2.22. The number of methoxy groups -OCH3 is 1. The molecule has 3 aromatic carbocycles. The van der Waals surface area contributed by atoms with Crippen LogP contribution in [0.25, 0.3) is 16.9 Å². The van der Waals surface area contributed by atoms with E-state index in [9.17, 15) is 14.0 Å². The highest BCUT2D eigenvalue weighted by Crippen LogP contribution is 2.26. The molecule has 0 atom stereocenters. The number of aromatic nitrogens is 2. The van der Waals surface area contributed by atoms with Gasteiger partial charge < -0.3 is 9.64 Å². The molecule has 0 fully saturated rings. The number of anilines is 1. The lowest BCUT2D eigenvalue weighted by molar-refractivity contribution is -0.117. The maximum atomic E-state index is 13.8. The van der Waals surface area contributed by atoms with Crippen LogP contribution in [-0.4, -0.2) is 53.1 Å². The molecule has 4 aromatic rings. The van der Waals surface area contributed by atoms with Crippen molar-refractivity contribution in [3.05, 3.63) is 101 Å². The van der Waals surface area contributed by atoms with E-state index in [-0.39, 0.29) is 36.6 Å². The van der Waals surface area contributed by atoms with E-state index < -0.39 is 11.7 Å². The number of hydrogen-bond donors (Lipinski definition) is 1. The van der Waals surface area contributed by atoms with Crippen LogP contribution in [0.1, 0.15) is 15.9 Å². The van der Waals surface area contributed by atoms with Gasteiger partial charge in [-0.15, -0.1) is 0 Å².